The van der Waals surface area contributed by atoms with Crippen molar-refractivity contribution in [1.82, 2.24) is 9.88 Å². The Morgan fingerprint density at radius 2 is 2.00 bits per heavy atom. The van der Waals surface area contributed by atoms with Crippen LogP contribution < -0.4 is 4.74 Å². The Morgan fingerprint density at radius 3 is 2.58 bits per heavy atom. The van der Waals surface area contributed by atoms with E-state index in [2.05, 4.69) is 27.6 Å². The molecule has 0 bridgehead atoms. The lowest BCUT2D eigenvalue weighted by molar-refractivity contribution is -0.114. The highest BCUT2D eigenvalue weighted by Crippen LogP contribution is 2.12. The van der Waals surface area contributed by atoms with Gasteiger partial charge in [0.1, 0.15) is 12.2 Å². The Hall–Kier alpha value is -1.64. The van der Waals surface area contributed by atoms with Crippen LogP contribution in [0.15, 0.2) is 30.5 Å². The highest BCUT2D eigenvalue weighted by atomic mass is 127. The summed E-state index contributed by atoms with van der Waals surface area (Å²) < 4.78 is 12.1. The molecular weight excluding hydrogens is 447 g/mol. The molecule has 1 rings (SSSR count). The Balaban J connectivity index is 2.58. The van der Waals surface area contributed by atoms with Crippen molar-refractivity contribution in [3.63, 3.8) is 0 Å². The van der Waals surface area contributed by atoms with E-state index in [0.29, 0.717) is 38.4 Å². The van der Waals surface area contributed by atoms with Crippen molar-refractivity contribution in [3.8, 4) is 5.88 Å². The Labute approximate surface area is 169 Å². The monoisotopic (exact) mass is 474 g/mol. The van der Waals surface area contributed by atoms with Crippen LogP contribution in [0.5, 0.6) is 5.88 Å². The molecular formula is C19H27IN2O4. The second-order valence-electron chi connectivity index (χ2n) is 6.64. The highest BCUT2D eigenvalue weighted by molar-refractivity contribution is 14.1. The molecule has 26 heavy (non-hydrogen) atoms. The number of allylic oxidation sites excluding steroid dienone is 1. The SMILES string of the molecule is CCC(=O)/C=C/CCN(CCOc1ccc(I)cn1)C(=O)OC(C)(C)C. The molecule has 1 heterocycles. The standard InChI is InChI=1S/C19H27IN2O4/c1-5-16(23)8-6-7-11-22(18(24)26-19(2,3)4)12-13-25-17-10-9-15(20)14-21-17/h6,8-10,14H,5,7,11-13H2,1-4H3/b8-6+. The molecule has 144 valence electrons. The summed E-state index contributed by atoms with van der Waals surface area (Å²) in [5.41, 5.74) is -0.568. The lowest BCUT2D eigenvalue weighted by atomic mass is 10.2. The van der Waals surface area contributed by atoms with Crippen LogP contribution in [0.25, 0.3) is 0 Å². The van der Waals surface area contributed by atoms with Crippen LogP contribution >= 0.6 is 22.6 Å². The molecule has 0 aliphatic heterocycles. The van der Waals surface area contributed by atoms with Crippen molar-refractivity contribution in [2.45, 2.75) is 46.1 Å². The molecule has 7 heteroatoms. The van der Waals surface area contributed by atoms with E-state index in [-0.39, 0.29) is 5.78 Å². The average Bonchev–Trinajstić information content (AvgIpc) is 2.56. The Kier molecular flexibility index (Phi) is 9.61. The van der Waals surface area contributed by atoms with Gasteiger partial charge in [-0.25, -0.2) is 9.78 Å². The van der Waals surface area contributed by atoms with Gasteiger partial charge in [-0.1, -0.05) is 13.0 Å². The van der Waals surface area contributed by atoms with E-state index >= 15 is 0 Å². The number of amides is 1. The fourth-order valence-electron chi connectivity index (χ4n) is 1.89. The van der Waals surface area contributed by atoms with Crippen molar-refractivity contribution >= 4 is 34.5 Å². The minimum atomic E-state index is -0.568. The van der Waals surface area contributed by atoms with Crippen LogP contribution in [0.4, 0.5) is 4.79 Å². The zero-order valence-corrected chi connectivity index (χ0v) is 18.0. The average molecular weight is 474 g/mol. The van der Waals surface area contributed by atoms with Gasteiger partial charge in [0.25, 0.3) is 0 Å². The number of halogens is 1. The fourth-order valence-corrected chi connectivity index (χ4v) is 2.21. The van der Waals surface area contributed by atoms with E-state index in [0.717, 1.165) is 3.57 Å². The number of hydrogen-bond acceptors (Lipinski definition) is 5. The van der Waals surface area contributed by atoms with Gasteiger partial charge in [0, 0.05) is 28.8 Å². The zero-order valence-electron chi connectivity index (χ0n) is 15.8. The molecule has 0 unspecified atom stereocenters. The normalized spacial score (nSPS) is 11.4. The van der Waals surface area contributed by atoms with Gasteiger partial charge in [-0.2, -0.15) is 0 Å². The lowest BCUT2D eigenvalue weighted by Crippen LogP contribution is -2.39. The largest absolute Gasteiger partial charge is 0.476 e. The summed E-state index contributed by atoms with van der Waals surface area (Å²) in [6.07, 6.45) is 5.71. The van der Waals surface area contributed by atoms with Crippen LogP contribution in [0.1, 0.15) is 40.5 Å². The van der Waals surface area contributed by atoms with Gasteiger partial charge >= 0.3 is 6.09 Å². The van der Waals surface area contributed by atoms with E-state index in [1.807, 2.05) is 33.8 Å². The van der Waals surface area contributed by atoms with Crippen LogP contribution in [-0.4, -0.2) is 47.1 Å². The van der Waals surface area contributed by atoms with Crippen molar-refractivity contribution in [2.75, 3.05) is 19.7 Å². The first kappa shape index (κ1) is 22.4. The number of carbonyl (C=O) groups is 2. The first-order chi connectivity index (χ1) is 12.2. The molecule has 0 N–H and O–H groups in total. The van der Waals surface area contributed by atoms with E-state index in [4.69, 9.17) is 9.47 Å². The molecule has 0 spiro atoms. The summed E-state index contributed by atoms with van der Waals surface area (Å²) in [7, 11) is 0. The Bertz CT molecular complexity index is 609. The number of pyridine rings is 1. The number of nitrogens with zero attached hydrogens (tertiary/aromatic N) is 2. The van der Waals surface area contributed by atoms with E-state index in [9.17, 15) is 9.59 Å². The van der Waals surface area contributed by atoms with Gasteiger partial charge < -0.3 is 14.4 Å². The van der Waals surface area contributed by atoms with Gasteiger partial charge in [-0.15, -0.1) is 0 Å². The zero-order chi connectivity index (χ0) is 19.6. The molecule has 0 aliphatic rings. The molecule has 0 saturated carbocycles. The predicted molar refractivity (Wildman–Crippen MR) is 109 cm³/mol. The van der Waals surface area contributed by atoms with E-state index < -0.39 is 11.7 Å². The molecule has 0 aromatic carbocycles. The van der Waals surface area contributed by atoms with Gasteiger partial charge in [0.05, 0.1) is 6.54 Å². The number of ketones is 1. The molecule has 1 aromatic rings. The number of ether oxygens (including phenoxy) is 2. The first-order valence-corrected chi connectivity index (χ1v) is 9.71. The molecule has 1 amide bonds. The summed E-state index contributed by atoms with van der Waals surface area (Å²) in [6.45, 7) is 8.43. The third-order valence-electron chi connectivity index (χ3n) is 3.18. The first-order valence-electron chi connectivity index (χ1n) is 8.63. The Morgan fingerprint density at radius 1 is 1.27 bits per heavy atom. The van der Waals surface area contributed by atoms with Gasteiger partial charge in [-0.3, -0.25) is 4.79 Å². The molecule has 0 atom stereocenters. The molecule has 0 fully saturated rings. The minimum Gasteiger partial charge on any atom is -0.476 e. The summed E-state index contributed by atoms with van der Waals surface area (Å²) >= 11 is 2.17. The number of rotatable bonds is 9. The smallest absolute Gasteiger partial charge is 0.410 e. The molecule has 0 saturated heterocycles. The summed E-state index contributed by atoms with van der Waals surface area (Å²) in [4.78, 5) is 29.4. The van der Waals surface area contributed by atoms with Crippen LogP contribution in [0.3, 0.4) is 0 Å². The summed E-state index contributed by atoms with van der Waals surface area (Å²) in [6, 6.07) is 3.70. The van der Waals surface area contributed by atoms with E-state index in [1.165, 1.54) is 0 Å². The van der Waals surface area contributed by atoms with Crippen molar-refractivity contribution < 1.29 is 19.1 Å². The maximum atomic E-state index is 12.4. The third-order valence-corrected chi connectivity index (χ3v) is 3.82. The maximum absolute atomic E-state index is 12.4. The van der Waals surface area contributed by atoms with Crippen molar-refractivity contribution in [2.24, 2.45) is 0 Å². The summed E-state index contributed by atoms with van der Waals surface area (Å²) in [5.74, 6) is 0.588. The topological polar surface area (TPSA) is 68.7 Å². The fraction of sp³-hybridized carbons (Fsp3) is 0.526. The molecule has 0 radical (unpaired) electrons. The van der Waals surface area contributed by atoms with Crippen LogP contribution in [-0.2, 0) is 9.53 Å². The van der Waals surface area contributed by atoms with Gasteiger partial charge in [0.2, 0.25) is 5.88 Å². The second-order valence-corrected chi connectivity index (χ2v) is 7.89. The number of carbonyl (C=O) groups excluding carboxylic acids is 2. The lowest BCUT2D eigenvalue weighted by Gasteiger charge is -2.27. The predicted octanol–water partition coefficient (Wildman–Crippen LogP) is 4.23. The molecule has 6 nitrogen and oxygen atoms in total. The van der Waals surface area contributed by atoms with Gasteiger partial charge in [0.15, 0.2) is 5.78 Å². The van der Waals surface area contributed by atoms with Crippen molar-refractivity contribution in [1.29, 1.82) is 0 Å². The quantitative estimate of drug-likeness (QED) is 0.396. The number of aromatic nitrogens is 1. The highest BCUT2D eigenvalue weighted by Gasteiger charge is 2.21. The molecule has 0 aliphatic carbocycles. The van der Waals surface area contributed by atoms with Gasteiger partial charge in [-0.05, 0) is 61.9 Å². The molecule has 1 aromatic heterocycles. The minimum absolute atomic E-state index is 0.0712. The van der Waals surface area contributed by atoms with E-state index in [1.54, 1.807) is 29.3 Å². The van der Waals surface area contributed by atoms with Crippen LogP contribution in [0.2, 0.25) is 0 Å². The summed E-state index contributed by atoms with van der Waals surface area (Å²) in [5, 5.41) is 0. The van der Waals surface area contributed by atoms with Crippen molar-refractivity contribution in [3.05, 3.63) is 34.1 Å². The second kappa shape index (κ2) is 11.2. The third kappa shape index (κ3) is 9.74. The van der Waals surface area contributed by atoms with Crippen LogP contribution in [0, 0.1) is 3.57 Å². The maximum Gasteiger partial charge on any atom is 0.410 e. The number of hydrogen-bond donors (Lipinski definition) is 0.